The second kappa shape index (κ2) is 8.40. The summed E-state index contributed by atoms with van der Waals surface area (Å²) in [6.45, 7) is 2.11. The van der Waals surface area contributed by atoms with Crippen molar-refractivity contribution in [2.24, 2.45) is 23.5 Å². The molecular weight excluding hydrogens is 376 g/mol. The third-order valence-electron chi connectivity index (χ3n) is 7.04. The number of aryl methyl sites for hydroxylation is 1. The van der Waals surface area contributed by atoms with E-state index in [1.807, 2.05) is 6.07 Å². The molecule has 1 aliphatic heterocycles. The number of nitrogens with one attached hydrogen (secondary N) is 1. The average Bonchev–Trinajstić information content (AvgIpc) is 2.75. The van der Waals surface area contributed by atoms with Gasteiger partial charge in [0.05, 0.1) is 25.8 Å². The van der Waals surface area contributed by atoms with E-state index in [1.165, 1.54) is 23.8 Å². The van der Waals surface area contributed by atoms with Crippen LogP contribution in [0.4, 0.5) is 0 Å². The number of carbonyl (C=O) groups is 1. The van der Waals surface area contributed by atoms with Crippen molar-refractivity contribution < 1.29 is 14.3 Å². The van der Waals surface area contributed by atoms with Gasteiger partial charge >= 0.3 is 5.97 Å². The average molecular weight is 409 g/mol. The van der Waals surface area contributed by atoms with E-state index in [-0.39, 0.29) is 17.9 Å². The molecule has 5 nitrogen and oxygen atoms in total. The Labute approximate surface area is 178 Å². The first-order chi connectivity index (χ1) is 14.4. The molecule has 1 heterocycles. The van der Waals surface area contributed by atoms with Crippen LogP contribution >= 0.6 is 0 Å². The lowest BCUT2D eigenvalue weighted by molar-refractivity contribution is -0.153. The minimum absolute atomic E-state index is 0.0626. The van der Waals surface area contributed by atoms with Crippen molar-refractivity contribution in [3.8, 4) is 5.75 Å². The molecule has 2 aromatic rings. The fourth-order valence-electron chi connectivity index (χ4n) is 5.58. The number of piperidine rings is 1. The second-order valence-electron chi connectivity index (χ2n) is 8.87. The minimum Gasteiger partial charge on any atom is -0.496 e. The molecule has 2 aromatic carbocycles. The number of carbonyl (C=O) groups excluding carboxylic acids is 1. The number of fused-ring (bicyclic) bond motifs is 2. The highest BCUT2D eigenvalue weighted by atomic mass is 16.5. The standard InChI is InChI=1S/C25H32N2O3/c1-16-9-12-22(29-2)19(13-16)14-20-18-10-11-21(24(28)30-3)25(26,15-18)27-23(20)17-7-5-4-6-8-17/h4-9,12-13,18,20-21,23,27H,10-11,14-15,26H2,1-3H3. The van der Waals surface area contributed by atoms with Crippen molar-refractivity contribution >= 4 is 5.97 Å². The predicted octanol–water partition coefficient (Wildman–Crippen LogP) is 3.75. The lowest BCUT2D eigenvalue weighted by Crippen LogP contribution is -2.69. The van der Waals surface area contributed by atoms with Crippen LogP contribution < -0.4 is 15.8 Å². The van der Waals surface area contributed by atoms with Gasteiger partial charge in [0.1, 0.15) is 5.75 Å². The molecule has 5 heteroatoms. The van der Waals surface area contributed by atoms with Crippen molar-refractivity contribution in [1.82, 2.24) is 5.32 Å². The van der Waals surface area contributed by atoms with E-state index in [1.54, 1.807) is 7.11 Å². The zero-order chi connectivity index (χ0) is 21.3. The molecule has 2 fully saturated rings. The molecule has 2 bridgehead atoms. The molecule has 160 valence electrons. The van der Waals surface area contributed by atoms with Gasteiger partial charge in [-0.1, -0.05) is 48.0 Å². The highest BCUT2D eigenvalue weighted by Crippen LogP contribution is 2.49. The summed E-state index contributed by atoms with van der Waals surface area (Å²) in [5.41, 5.74) is 9.77. The van der Waals surface area contributed by atoms with Crippen LogP contribution in [0.3, 0.4) is 0 Å². The molecule has 1 saturated carbocycles. The molecule has 4 rings (SSSR count). The number of hydrogen-bond donors (Lipinski definition) is 2. The summed E-state index contributed by atoms with van der Waals surface area (Å²) in [5.74, 6) is 1.18. The van der Waals surface area contributed by atoms with Crippen molar-refractivity contribution in [3.05, 3.63) is 65.2 Å². The highest BCUT2D eigenvalue weighted by Gasteiger charge is 2.53. The maximum atomic E-state index is 12.5. The quantitative estimate of drug-likeness (QED) is 0.737. The van der Waals surface area contributed by atoms with Gasteiger partial charge in [-0.05, 0) is 61.6 Å². The Kier molecular flexibility index (Phi) is 5.85. The lowest BCUT2D eigenvalue weighted by atomic mass is 9.62. The van der Waals surface area contributed by atoms with Crippen LogP contribution in [-0.2, 0) is 16.0 Å². The first-order valence-electron chi connectivity index (χ1n) is 10.8. The van der Waals surface area contributed by atoms with Crippen molar-refractivity contribution in [1.29, 1.82) is 0 Å². The molecular formula is C25H32N2O3. The zero-order valence-electron chi connectivity index (χ0n) is 18.1. The third kappa shape index (κ3) is 3.84. The molecule has 0 spiro atoms. The van der Waals surface area contributed by atoms with Crippen LogP contribution in [0, 0.1) is 24.7 Å². The third-order valence-corrected chi connectivity index (χ3v) is 7.04. The van der Waals surface area contributed by atoms with E-state index in [9.17, 15) is 4.79 Å². The lowest BCUT2D eigenvalue weighted by Gasteiger charge is -2.54. The topological polar surface area (TPSA) is 73.6 Å². The summed E-state index contributed by atoms with van der Waals surface area (Å²) >= 11 is 0. The van der Waals surface area contributed by atoms with Crippen LogP contribution in [0.1, 0.15) is 42.0 Å². The summed E-state index contributed by atoms with van der Waals surface area (Å²) in [7, 11) is 3.18. The van der Waals surface area contributed by atoms with Gasteiger partial charge in [-0.25, -0.2) is 0 Å². The maximum absolute atomic E-state index is 12.5. The van der Waals surface area contributed by atoms with Crippen LogP contribution in [0.25, 0.3) is 0 Å². The summed E-state index contributed by atoms with van der Waals surface area (Å²) in [6.07, 6.45) is 3.41. The largest absolute Gasteiger partial charge is 0.496 e. The first kappa shape index (κ1) is 20.9. The van der Waals surface area contributed by atoms with E-state index < -0.39 is 5.66 Å². The maximum Gasteiger partial charge on any atom is 0.311 e. The highest BCUT2D eigenvalue weighted by molar-refractivity contribution is 5.74. The monoisotopic (exact) mass is 408 g/mol. The molecule has 1 saturated heterocycles. The zero-order valence-corrected chi connectivity index (χ0v) is 18.1. The van der Waals surface area contributed by atoms with Gasteiger partial charge in [0.2, 0.25) is 0 Å². The Morgan fingerprint density at radius 3 is 2.63 bits per heavy atom. The Bertz CT molecular complexity index is 901. The van der Waals surface area contributed by atoms with Gasteiger partial charge in [-0.15, -0.1) is 0 Å². The van der Waals surface area contributed by atoms with E-state index in [2.05, 4.69) is 54.7 Å². The summed E-state index contributed by atoms with van der Waals surface area (Å²) < 4.78 is 10.7. The Hall–Kier alpha value is -2.37. The van der Waals surface area contributed by atoms with Gasteiger partial charge in [0, 0.05) is 6.04 Å². The fourth-order valence-corrected chi connectivity index (χ4v) is 5.58. The Morgan fingerprint density at radius 1 is 1.17 bits per heavy atom. The van der Waals surface area contributed by atoms with Gasteiger partial charge in [-0.3, -0.25) is 10.1 Å². The van der Waals surface area contributed by atoms with Crippen LogP contribution in [0.2, 0.25) is 0 Å². The van der Waals surface area contributed by atoms with E-state index in [4.69, 9.17) is 15.2 Å². The van der Waals surface area contributed by atoms with E-state index in [0.717, 1.165) is 31.4 Å². The Balaban J connectivity index is 1.71. The number of nitrogens with two attached hydrogens (primary N) is 1. The first-order valence-corrected chi connectivity index (χ1v) is 10.8. The number of esters is 1. The van der Waals surface area contributed by atoms with Gasteiger partial charge in [0.25, 0.3) is 0 Å². The molecule has 2 aliphatic rings. The number of hydrogen-bond acceptors (Lipinski definition) is 5. The molecule has 0 radical (unpaired) electrons. The molecule has 5 unspecified atom stereocenters. The van der Waals surface area contributed by atoms with Crippen molar-refractivity contribution in [2.45, 2.75) is 44.3 Å². The molecule has 0 amide bonds. The Morgan fingerprint density at radius 2 is 1.93 bits per heavy atom. The summed E-state index contributed by atoms with van der Waals surface area (Å²) in [4.78, 5) is 12.5. The molecule has 30 heavy (non-hydrogen) atoms. The van der Waals surface area contributed by atoms with E-state index in [0.29, 0.717) is 11.8 Å². The van der Waals surface area contributed by atoms with Gasteiger partial charge < -0.3 is 15.2 Å². The molecule has 5 atom stereocenters. The van der Waals surface area contributed by atoms with Crippen molar-refractivity contribution in [2.75, 3.05) is 14.2 Å². The van der Waals surface area contributed by atoms with Gasteiger partial charge in [-0.2, -0.15) is 0 Å². The smallest absolute Gasteiger partial charge is 0.311 e. The molecule has 0 aromatic heterocycles. The number of ether oxygens (including phenoxy) is 2. The van der Waals surface area contributed by atoms with Gasteiger partial charge in [0.15, 0.2) is 0 Å². The van der Waals surface area contributed by atoms with Crippen LogP contribution in [-0.4, -0.2) is 25.9 Å². The molecule has 3 N–H and O–H groups in total. The van der Waals surface area contributed by atoms with E-state index >= 15 is 0 Å². The van der Waals surface area contributed by atoms with Crippen molar-refractivity contribution in [3.63, 3.8) is 0 Å². The van der Waals surface area contributed by atoms with Crippen LogP contribution in [0.15, 0.2) is 48.5 Å². The van der Waals surface area contributed by atoms with Crippen LogP contribution in [0.5, 0.6) is 5.75 Å². The fraction of sp³-hybridized carbons (Fsp3) is 0.480. The number of rotatable bonds is 5. The second-order valence-corrected chi connectivity index (χ2v) is 8.87. The summed E-state index contributed by atoms with van der Waals surface area (Å²) in [5, 5.41) is 3.70. The predicted molar refractivity (Wildman–Crippen MR) is 117 cm³/mol. The molecule has 1 aliphatic carbocycles. The summed E-state index contributed by atoms with van der Waals surface area (Å²) in [6, 6.07) is 16.9. The SMILES string of the molecule is COC(=O)C1CCC2CC1(N)NC(c1ccccc1)C2Cc1cc(C)ccc1OC. The number of benzene rings is 2. The minimum atomic E-state index is -0.746. The normalized spacial score (nSPS) is 30.5. The number of methoxy groups -OCH3 is 2.